The van der Waals surface area contributed by atoms with Crippen molar-refractivity contribution in [3.05, 3.63) is 40.6 Å². The number of halogens is 1. The third-order valence-corrected chi connectivity index (χ3v) is 2.86. The van der Waals surface area contributed by atoms with Crippen LogP contribution in [0.1, 0.15) is 5.01 Å². The van der Waals surface area contributed by atoms with Crippen LogP contribution in [0.4, 0.5) is 10.1 Å². The number of nitrogens with zero attached hydrogens (tertiary/aromatic N) is 1. The van der Waals surface area contributed by atoms with E-state index in [4.69, 9.17) is 4.74 Å². The van der Waals surface area contributed by atoms with Crippen molar-refractivity contribution >= 4 is 17.0 Å². The molecule has 0 bridgehead atoms. The Morgan fingerprint density at radius 3 is 3.06 bits per heavy atom. The zero-order valence-corrected chi connectivity index (χ0v) is 9.55. The van der Waals surface area contributed by atoms with E-state index in [1.165, 1.54) is 19.2 Å². The number of hydrogen-bond acceptors (Lipinski definition) is 4. The first-order valence-corrected chi connectivity index (χ1v) is 5.63. The van der Waals surface area contributed by atoms with Crippen LogP contribution in [-0.2, 0) is 6.54 Å². The number of methoxy groups -OCH3 is 1. The topological polar surface area (TPSA) is 34.1 Å². The molecule has 0 saturated heterocycles. The summed E-state index contributed by atoms with van der Waals surface area (Å²) in [5.41, 5.74) is 0.763. The van der Waals surface area contributed by atoms with E-state index in [9.17, 15) is 4.39 Å². The maximum atomic E-state index is 12.9. The Balaban J connectivity index is 2.09. The first kappa shape index (κ1) is 10.9. The molecule has 0 spiro atoms. The van der Waals surface area contributed by atoms with Crippen molar-refractivity contribution in [2.24, 2.45) is 0 Å². The molecular formula is C11H11FN2OS. The quantitative estimate of drug-likeness (QED) is 0.889. The number of rotatable bonds is 4. The monoisotopic (exact) mass is 238 g/mol. The normalized spacial score (nSPS) is 10.1. The Labute approximate surface area is 96.9 Å². The van der Waals surface area contributed by atoms with Crippen molar-refractivity contribution < 1.29 is 9.13 Å². The molecule has 1 aromatic heterocycles. The van der Waals surface area contributed by atoms with Crippen LogP contribution < -0.4 is 10.1 Å². The van der Waals surface area contributed by atoms with Gasteiger partial charge in [0.25, 0.3) is 0 Å². The minimum absolute atomic E-state index is 0.309. The molecule has 0 atom stereocenters. The largest absolute Gasteiger partial charge is 0.494 e. The Kier molecular flexibility index (Phi) is 3.36. The second-order valence-electron chi connectivity index (χ2n) is 3.12. The van der Waals surface area contributed by atoms with Crippen LogP contribution in [0, 0.1) is 5.82 Å². The smallest absolute Gasteiger partial charge is 0.144 e. The molecule has 0 unspecified atom stereocenters. The van der Waals surface area contributed by atoms with Crippen molar-refractivity contribution in [2.45, 2.75) is 6.54 Å². The maximum Gasteiger partial charge on any atom is 0.144 e. The van der Waals surface area contributed by atoms with Gasteiger partial charge in [0, 0.05) is 17.6 Å². The van der Waals surface area contributed by atoms with E-state index in [1.807, 2.05) is 5.38 Å². The van der Waals surface area contributed by atoms with Crippen LogP contribution in [0.15, 0.2) is 29.8 Å². The predicted octanol–water partition coefficient (Wildman–Crippen LogP) is 2.90. The van der Waals surface area contributed by atoms with Gasteiger partial charge in [-0.2, -0.15) is 0 Å². The Morgan fingerprint density at radius 2 is 2.38 bits per heavy atom. The van der Waals surface area contributed by atoms with Crippen LogP contribution in [0.3, 0.4) is 0 Å². The molecule has 0 aliphatic heterocycles. The lowest BCUT2D eigenvalue weighted by atomic mass is 10.3. The van der Waals surface area contributed by atoms with Crippen molar-refractivity contribution in [1.82, 2.24) is 4.98 Å². The molecule has 1 heterocycles. The minimum atomic E-state index is -0.309. The van der Waals surface area contributed by atoms with E-state index in [1.54, 1.807) is 23.6 Å². The number of benzene rings is 1. The molecule has 84 valence electrons. The van der Waals surface area contributed by atoms with Gasteiger partial charge in [0.2, 0.25) is 0 Å². The molecule has 2 aromatic rings. The second-order valence-corrected chi connectivity index (χ2v) is 4.10. The fraction of sp³-hybridized carbons (Fsp3) is 0.182. The number of ether oxygens (including phenoxy) is 1. The highest BCUT2D eigenvalue weighted by molar-refractivity contribution is 7.09. The van der Waals surface area contributed by atoms with Crippen LogP contribution in [0.2, 0.25) is 0 Å². The zero-order valence-electron chi connectivity index (χ0n) is 8.74. The first-order valence-electron chi connectivity index (χ1n) is 4.75. The number of anilines is 1. The molecule has 5 heteroatoms. The van der Waals surface area contributed by atoms with Gasteiger partial charge >= 0.3 is 0 Å². The van der Waals surface area contributed by atoms with Gasteiger partial charge in [-0.1, -0.05) is 0 Å². The average molecular weight is 238 g/mol. The Bertz CT molecular complexity index is 459. The molecule has 0 aliphatic rings. The van der Waals surface area contributed by atoms with E-state index >= 15 is 0 Å². The Hall–Kier alpha value is -1.62. The molecule has 0 amide bonds. The van der Waals surface area contributed by atoms with Crippen LogP contribution in [-0.4, -0.2) is 12.1 Å². The summed E-state index contributed by atoms with van der Waals surface area (Å²) in [4.78, 5) is 4.15. The lowest BCUT2D eigenvalue weighted by Crippen LogP contribution is -2.01. The maximum absolute atomic E-state index is 12.9. The molecule has 2 rings (SSSR count). The Morgan fingerprint density at radius 1 is 1.50 bits per heavy atom. The van der Waals surface area contributed by atoms with Crippen molar-refractivity contribution in [1.29, 1.82) is 0 Å². The molecular weight excluding hydrogens is 227 g/mol. The van der Waals surface area contributed by atoms with Crippen molar-refractivity contribution in [2.75, 3.05) is 12.4 Å². The van der Waals surface area contributed by atoms with E-state index < -0.39 is 0 Å². The van der Waals surface area contributed by atoms with Gasteiger partial charge in [-0.05, 0) is 12.1 Å². The van der Waals surface area contributed by atoms with E-state index in [0.717, 1.165) is 10.7 Å². The summed E-state index contributed by atoms with van der Waals surface area (Å²) in [5.74, 6) is 0.188. The zero-order chi connectivity index (χ0) is 11.4. The number of aromatic nitrogens is 1. The highest BCUT2D eigenvalue weighted by atomic mass is 32.1. The van der Waals surface area contributed by atoms with Gasteiger partial charge < -0.3 is 10.1 Å². The average Bonchev–Trinajstić information content (AvgIpc) is 2.80. The van der Waals surface area contributed by atoms with Gasteiger partial charge in [0.15, 0.2) is 0 Å². The summed E-state index contributed by atoms with van der Waals surface area (Å²) < 4.78 is 18.0. The number of thiazole rings is 1. The third kappa shape index (κ3) is 2.49. The summed E-state index contributed by atoms with van der Waals surface area (Å²) in [6, 6.07) is 4.40. The predicted molar refractivity (Wildman–Crippen MR) is 62.4 cm³/mol. The molecule has 0 radical (unpaired) electrons. The van der Waals surface area contributed by atoms with E-state index in [0.29, 0.717) is 12.3 Å². The van der Waals surface area contributed by atoms with Crippen LogP contribution >= 0.6 is 11.3 Å². The summed E-state index contributed by atoms with van der Waals surface area (Å²) in [5, 5.41) is 6.04. The molecule has 1 aromatic carbocycles. The second kappa shape index (κ2) is 4.94. The van der Waals surface area contributed by atoms with Crippen molar-refractivity contribution in [3.8, 4) is 5.75 Å². The van der Waals surface area contributed by atoms with Crippen LogP contribution in [0.25, 0.3) is 0 Å². The van der Waals surface area contributed by atoms with Gasteiger partial charge in [0.05, 0.1) is 19.3 Å². The molecule has 0 fully saturated rings. The molecule has 0 saturated carbocycles. The highest BCUT2D eigenvalue weighted by Crippen LogP contribution is 2.25. The summed E-state index contributed by atoms with van der Waals surface area (Å²) in [6.45, 7) is 0.611. The van der Waals surface area contributed by atoms with Gasteiger partial charge in [-0.15, -0.1) is 11.3 Å². The first-order chi connectivity index (χ1) is 7.79. The lowest BCUT2D eigenvalue weighted by Gasteiger charge is -2.09. The minimum Gasteiger partial charge on any atom is -0.494 e. The van der Waals surface area contributed by atoms with E-state index in [-0.39, 0.29) is 5.82 Å². The molecule has 16 heavy (non-hydrogen) atoms. The molecule has 0 aliphatic carbocycles. The fourth-order valence-corrected chi connectivity index (χ4v) is 1.88. The van der Waals surface area contributed by atoms with Crippen molar-refractivity contribution in [3.63, 3.8) is 0 Å². The standard InChI is InChI=1S/C11H11FN2OS/c1-15-10-6-8(12)2-3-9(10)14-7-11-13-4-5-16-11/h2-6,14H,7H2,1H3. The number of hydrogen-bond donors (Lipinski definition) is 1. The summed E-state index contributed by atoms with van der Waals surface area (Å²) >= 11 is 1.57. The van der Waals surface area contributed by atoms with Gasteiger partial charge in [-0.25, -0.2) is 9.37 Å². The van der Waals surface area contributed by atoms with Crippen LogP contribution in [0.5, 0.6) is 5.75 Å². The number of nitrogens with one attached hydrogen (secondary N) is 1. The fourth-order valence-electron chi connectivity index (χ4n) is 1.32. The molecule has 3 nitrogen and oxygen atoms in total. The molecule has 1 N–H and O–H groups in total. The van der Waals surface area contributed by atoms with Gasteiger partial charge in [0.1, 0.15) is 16.6 Å². The van der Waals surface area contributed by atoms with E-state index in [2.05, 4.69) is 10.3 Å². The van der Waals surface area contributed by atoms with Gasteiger partial charge in [-0.3, -0.25) is 0 Å². The lowest BCUT2D eigenvalue weighted by molar-refractivity contribution is 0.413. The highest BCUT2D eigenvalue weighted by Gasteiger charge is 2.04. The SMILES string of the molecule is COc1cc(F)ccc1NCc1nccs1. The summed E-state index contributed by atoms with van der Waals surface area (Å²) in [7, 11) is 1.52. The summed E-state index contributed by atoms with van der Waals surface area (Å²) in [6.07, 6.45) is 1.75. The third-order valence-electron chi connectivity index (χ3n) is 2.08.